The van der Waals surface area contributed by atoms with E-state index in [1.165, 1.54) is 15.7 Å². The smallest absolute Gasteiger partial charge is 0.322 e. The quantitative estimate of drug-likeness (QED) is 0.830. The maximum absolute atomic E-state index is 12.7. The molecule has 1 N–H and O–H groups in total. The second kappa shape index (κ2) is 5.99. The average molecular weight is 304 g/mol. The van der Waals surface area contributed by atoms with E-state index in [4.69, 9.17) is 0 Å². The lowest BCUT2D eigenvalue weighted by atomic mass is 9.85. The van der Waals surface area contributed by atoms with E-state index >= 15 is 0 Å². The fourth-order valence-corrected chi connectivity index (χ4v) is 5.41. The van der Waals surface area contributed by atoms with Gasteiger partial charge in [-0.15, -0.1) is 0 Å². The number of aliphatic carboxylic acids is 1. The van der Waals surface area contributed by atoms with Crippen LogP contribution in [-0.2, 0) is 15.0 Å². The number of hydrogen-bond acceptors (Lipinski definition) is 3. The van der Waals surface area contributed by atoms with Gasteiger partial charge < -0.3 is 5.11 Å². The molecule has 0 aromatic rings. The first-order valence-corrected chi connectivity index (χ1v) is 8.77. The SMILES string of the molecule is CCCN(C)S(=O)(=O)N1C(C(=O)O)CC2CCCCC21. The summed E-state index contributed by atoms with van der Waals surface area (Å²) in [5.74, 6) is -0.817. The lowest BCUT2D eigenvalue weighted by Gasteiger charge is -2.34. The Hall–Kier alpha value is -0.660. The van der Waals surface area contributed by atoms with Crippen molar-refractivity contribution in [2.45, 2.75) is 57.5 Å². The van der Waals surface area contributed by atoms with Gasteiger partial charge in [0, 0.05) is 19.6 Å². The Labute approximate surface area is 120 Å². The minimum absolute atomic E-state index is 0.130. The Morgan fingerprint density at radius 3 is 2.60 bits per heavy atom. The molecule has 2 aliphatic rings. The summed E-state index contributed by atoms with van der Waals surface area (Å²) in [6.07, 6.45) is 4.96. The van der Waals surface area contributed by atoms with Crippen LogP contribution in [0.25, 0.3) is 0 Å². The third-order valence-corrected chi connectivity index (χ3v) is 6.54. The largest absolute Gasteiger partial charge is 0.480 e. The molecule has 6 nitrogen and oxygen atoms in total. The van der Waals surface area contributed by atoms with Crippen molar-refractivity contribution >= 4 is 16.2 Å². The van der Waals surface area contributed by atoms with Crippen molar-refractivity contribution < 1.29 is 18.3 Å². The molecule has 1 aliphatic carbocycles. The number of rotatable bonds is 5. The topological polar surface area (TPSA) is 77.9 Å². The summed E-state index contributed by atoms with van der Waals surface area (Å²) in [6, 6.07) is -1.03. The third-order valence-electron chi connectivity index (χ3n) is 4.51. The zero-order valence-corrected chi connectivity index (χ0v) is 13.0. The highest BCUT2D eigenvalue weighted by Gasteiger charge is 2.51. The van der Waals surface area contributed by atoms with Gasteiger partial charge in [0.15, 0.2) is 0 Å². The first-order valence-electron chi connectivity index (χ1n) is 7.37. The Morgan fingerprint density at radius 1 is 1.35 bits per heavy atom. The second-order valence-electron chi connectivity index (χ2n) is 5.86. The predicted octanol–water partition coefficient (Wildman–Crippen LogP) is 1.29. The van der Waals surface area contributed by atoms with Gasteiger partial charge in [-0.25, -0.2) is 0 Å². The van der Waals surface area contributed by atoms with Crippen molar-refractivity contribution in [1.82, 2.24) is 8.61 Å². The van der Waals surface area contributed by atoms with Crippen molar-refractivity contribution in [3.8, 4) is 0 Å². The third kappa shape index (κ3) is 2.71. The van der Waals surface area contributed by atoms with Crippen LogP contribution >= 0.6 is 0 Å². The molecular weight excluding hydrogens is 280 g/mol. The van der Waals surface area contributed by atoms with Crippen LogP contribution in [0.1, 0.15) is 45.4 Å². The van der Waals surface area contributed by atoms with E-state index in [1.54, 1.807) is 0 Å². The second-order valence-corrected chi connectivity index (χ2v) is 7.80. The average Bonchev–Trinajstić information content (AvgIpc) is 2.79. The number of fused-ring (bicyclic) bond motifs is 1. The van der Waals surface area contributed by atoms with Gasteiger partial charge >= 0.3 is 5.97 Å². The van der Waals surface area contributed by atoms with E-state index in [2.05, 4.69) is 0 Å². The van der Waals surface area contributed by atoms with Crippen molar-refractivity contribution in [3.05, 3.63) is 0 Å². The zero-order chi connectivity index (χ0) is 14.9. The molecule has 1 aliphatic heterocycles. The summed E-state index contributed by atoms with van der Waals surface area (Å²) in [6.45, 7) is 2.33. The monoisotopic (exact) mass is 304 g/mol. The van der Waals surface area contributed by atoms with Gasteiger partial charge in [-0.05, 0) is 31.6 Å². The lowest BCUT2D eigenvalue weighted by Crippen LogP contribution is -2.51. The first kappa shape index (κ1) is 15.7. The number of hydrogen-bond donors (Lipinski definition) is 1. The first-order chi connectivity index (χ1) is 9.39. The molecule has 2 rings (SSSR count). The summed E-state index contributed by atoms with van der Waals surface area (Å²) < 4.78 is 27.9. The van der Waals surface area contributed by atoms with E-state index < -0.39 is 22.2 Å². The molecule has 0 spiro atoms. The molecule has 1 heterocycles. The molecule has 3 unspecified atom stereocenters. The van der Waals surface area contributed by atoms with Gasteiger partial charge in [0.25, 0.3) is 10.2 Å². The van der Waals surface area contributed by atoms with Crippen molar-refractivity contribution in [1.29, 1.82) is 0 Å². The summed E-state index contributed by atoms with van der Waals surface area (Å²) in [5.41, 5.74) is 0. The zero-order valence-electron chi connectivity index (χ0n) is 12.2. The highest BCUT2D eigenvalue weighted by Crippen LogP contribution is 2.41. The number of carbonyl (C=O) groups is 1. The molecule has 0 bridgehead atoms. The van der Waals surface area contributed by atoms with Crippen molar-refractivity contribution in [3.63, 3.8) is 0 Å². The van der Waals surface area contributed by atoms with Crippen LogP contribution in [0.2, 0.25) is 0 Å². The molecule has 0 radical (unpaired) electrons. The van der Waals surface area contributed by atoms with Crippen LogP contribution in [0.4, 0.5) is 0 Å². The lowest BCUT2D eigenvalue weighted by molar-refractivity contribution is -0.141. The van der Waals surface area contributed by atoms with E-state index in [-0.39, 0.29) is 12.0 Å². The Morgan fingerprint density at radius 2 is 2.00 bits per heavy atom. The minimum atomic E-state index is -3.68. The summed E-state index contributed by atoms with van der Waals surface area (Å²) in [7, 11) is -2.14. The molecule has 0 amide bonds. The molecule has 116 valence electrons. The van der Waals surface area contributed by atoms with Crippen LogP contribution in [0, 0.1) is 5.92 Å². The number of nitrogens with zero attached hydrogens (tertiary/aromatic N) is 2. The molecule has 2 fully saturated rings. The fourth-order valence-electron chi connectivity index (χ4n) is 3.55. The van der Waals surface area contributed by atoms with Crippen LogP contribution in [0.5, 0.6) is 0 Å². The standard InChI is InChI=1S/C13H24N2O4S/c1-3-8-14(2)20(18,19)15-11-7-5-4-6-10(11)9-12(15)13(16)17/h10-12H,3-9H2,1-2H3,(H,16,17). The van der Waals surface area contributed by atoms with E-state index in [9.17, 15) is 18.3 Å². The van der Waals surface area contributed by atoms with Gasteiger partial charge in [0.1, 0.15) is 6.04 Å². The van der Waals surface area contributed by atoms with Crippen molar-refractivity contribution in [2.75, 3.05) is 13.6 Å². The van der Waals surface area contributed by atoms with E-state index in [1.807, 2.05) is 6.92 Å². The highest BCUT2D eigenvalue weighted by atomic mass is 32.2. The van der Waals surface area contributed by atoms with Gasteiger partial charge in [-0.2, -0.15) is 17.0 Å². The maximum Gasteiger partial charge on any atom is 0.322 e. The molecular formula is C13H24N2O4S. The molecule has 7 heteroatoms. The van der Waals surface area contributed by atoms with Crippen LogP contribution in [0.15, 0.2) is 0 Å². The highest BCUT2D eigenvalue weighted by molar-refractivity contribution is 7.86. The van der Waals surface area contributed by atoms with E-state index in [0.717, 1.165) is 32.1 Å². The van der Waals surface area contributed by atoms with Gasteiger partial charge in [-0.3, -0.25) is 4.79 Å². The summed E-state index contributed by atoms with van der Waals surface area (Å²) in [4.78, 5) is 11.5. The van der Waals surface area contributed by atoms with Crippen molar-refractivity contribution in [2.24, 2.45) is 5.92 Å². The van der Waals surface area contributed by atoms with Gasteiger partial charge in [0.05, 0.1) is 0 Å². The van der Waals surface area contributed by atoms with Crippen LogP contribution in [-0.4, -0.2) is 53.8 Å². The van der Waals surface area contributed by atoms with Gasteiger partial charge in [-0.1, -0.05) is 19.8 Å². The van der Waals surface area contributed by atoms with Gasteiger partial charge in [0.2, 0.25) is 0 Å². The van der Waals surface area contributed by atoms with E-state index in [0.29, 0.717) is 13.0 Å². The summed E-state index contributed by atoms with van der Waals surface area (Å²) in [5, 5.41) is 9.38. The van der Waals surface area contributed by atoms with Crippen LogP contribution < -0.4 is 0 Å². The fraction of sp³-hybridized carbons (Fsp3) is 0.923. The predicted molar refractivity (Wildman–Crippen MR) is 75.5 cm³/mol. The summed E-state index contributed by atoms with van der Waals surface area (Å²) >= 11 is 0. The minimum Gasteiger partial charge on any atom is -0.480 e. The molecule has 0 aromatic heterocycles. The Bertz CT molecular complexity index is 465. The molecule has 3 atom stereocenters. The number of carboxylic acids is 1. The Balaban J connectivity index is 2.31. The van der Waals surface area contributed by atoms with Crippen LogP contribution in [0.3, 0.4) is 0 Å². The Kier molecular flexibility index (Phi) is 4.71. The maximum atomic E-state index is 12.7. The molecule has 0 aromatic carbocycles. The molecule has 20 heavy (non-hydrogen) atoms. The molecule has 1 saturated heterocycles. The normalized spacial score (nSPS) is 31.4. The molecule has 1 saturated carbocycles. The number of carboxylic acid groups (broad SMARTS) is 1.